The van der Waals surface area contributed by atoms with Crippen molar-refractivity contribution in [2.24, 2.45) is 0 Å². The van der Waals surface area contributed by atoms with Gasteiger partial charge in [-0.25, -0.2) is 8.42 Å². The monoisotopic (exact) mass is 581 g/mol. The molecule has 220 valence electrons. The van der Waals surface area contributed by atoms with Crippen LogP contribution >= 0.6 is 0 Å². The molecule has 0 saturated carbocycles. The number of hydrogen-bond acceptors (Lipinski definition) is 6. The summed E-state index contributed by atoms with van der Waals surface area (Å²) < 4.78 is 40.1. The Kier molecular flexibility index (Phi) is 10.8. The molecular weight excluding hydrogens is 542 g/mol. The largest absolute Gasteiger partial charge is 0.493 e. The number of nitrogens with one attached hydrogen (secondary N) is 1. The molecule has 0 fully saturated rings. The van der Waals surface area contributed by atoms with E-state index in [1.807, 2.05) is 57.2 Å². The molecule has 0 spiro atoms. The molecule has 1 N–H and O–H groups in total. The third-order valence-corrected chi connectivity index (χ3v) is 8.60. The summed E-state index contributed by atoms with van der Waals surface area (Å²) in [4.78, 5) is 28.3. The van der Waals surface area contributed by atoms with Gasteiger partial charge in [0.2, 0.25) is 11.8 Å². The van der Waals surface area contributed by atoms with E-state index in [9.17, 15) is 18.0 Å². The van der Waals surface area contributed by atoms with Gasteiger partial charge in [0.15, 0.2) is 11.5 Å². The van der Waals surface area contributed by atoms with E-state index in [0.717, 1.165) is 21.0 Å². The fourth-order valence-electron chi connectivity index (χ4n) is 4.79. The number of ether oxygens (including phenoxy) is 2. The van der Waals surface area contributed by atoms with Gasteiger partial charge < -0.3 is 19.7 Å². The van der Waals surface area contributed by atoms with E-state index in [1.54, 1.807) is 12.1 Å². The van der Waals surface area contributed by atoms with E-state index >= 15 is 0 Å². The van der Waals surface area contributed by atoms with Gasteiger partial charge in [-0.2, -0.15) is 0 Å². The van der Waals surface area contributed by atoms with Crippen LogP contribution in [0.1, 0.15) is 30.0 Å². The standard InChI is InChI=1S/C31H39N3O6S/c1-7-27(31(36)32-4)33(16-15-24-11-9-8-10-12-24)30(35)21-34(25-18-22(2)17-23(3)19-25)41(37,38)26-13-14-28(39-5)29(20-26)40-6/h8-14,17-20,27H,7,15-16,21H2,1-6H3,(H,32,36)/t27-/m1/s1. The Morgan fingerprint density at radius 3 is 2.10 bits per heavy atom. The van der Waals surface area contributed by atoms with Gasteiger partial charge in [-0.15, -0.1) is 0 Å². The van der Waals surface area contributed by atoms with Crippen LogP contribution in [0.3, 0.4) is 0 Å². The molecule has 0 aromatic heterocycles. The van der Waals surface area contributed by atoms with Crippen molar-refractivity contribution >= 4 is 27.5 Å². The maximum absolute atomic E-state index is 14.2. The molecule has 0 unspecified atom stereocenters. The lowest BCUT2D eigenvalue weighted by Gasteiger charge is -2.33. The van der Waals surface area contributed by atoms with Gasteiger partial charge in [-0.3, -0.25) is 13.9 Å². The Morgan fingerprint density at radius 1 is 0.902 bits per heavy atom. The van der Waals surface area contributed by atoms with Gasteiger partial charge in [0.1, 0.15) is 12.6 Å². The van der Waals surface area contributed by atoms with E-state index in [4.69, 9.17) is 9.47 Å². The summed E-state index contributed by atoms with van der Waals surface area (Å²) in [7, 11) is 0.162. The summed E-state index contributed by atoms with van der Waals surface area (Å²) in [6.45, 7) is 5.30. The van der Waals surface area contributed by atoms with Crippen molar-refractivity contribution in [1.82, 2.24) is 10.2 Å². The number of rotatable bonds is 13. The van der Waals surface area contributed by atoms with Crippen LogP contribution in [-0.2, 0) is 26.0 Å². The molecule has 3 rings (SSSR count). The molecule has 41 heavy (non-hydrogen) atoms. The average Bonchev–Trinajstić information content (AvgIpc) is 2.96. The molecule has 0 aliphatic carbocycles. The van der Waals surface area contributed by atoms with Crippen molar-refractivity contribution in [1.29, 1.82) is 0 Å². The number of likely N-dealkylation sites (N-methyl/N-ethyl adjacent to an activating group) is 1. The van der Waals surface area contributed by atoms with E-state index < -0.39 is 28.5 Å². The zero-order chi connectivity index (χ0) is 30.2. The van der Waals surface area contributed by atoms with Crippen LogP contribution in [0, 0.1) is 13.8 Å². The Hall–Kier alpha value is -4.05. The average molecular weight is 582 g/mol. The molecule has 0 saturated heterocycles. The first-order valence-corrected chi connectivity index (χ1v) is 14.9. The maximum atomic E-state index is 14.2. The first-order chi connectivity index (χ1) is 19.5. The second-order valence-electron chi connectivity index (χ2n) is 9.74. The highest BCUT2D eigenvalue weighted by molar-refractivity contribution is 7.92. The van der Waals surface area contributed by atoms with E-state index in [0.29, 0.717) is 24.3 Å². The van der Waals surface area contributed by atoms with Crippen LogP contribution in [0.2, 0.25) is 0 Å². The topological polar surface area (TPSA) is 105 Å². The zero-order valence-corrected chi connectivity index (χ0v) is 25.3. The molecule has 0 radical (unpaired) electrons. The minimum absolute atomic E-state index is 0.0590. The highest BCUT2D eigenvalue weighted by Crippen LogP contribution is 2.33. The van der Waals surface area contributed by atoms with Crippen molar-refractivity contribution < 1.29 is 27.5 Å². The number of aryl methyl sites for hydroxylation is 2. The van der Waals surface area contributed by atoms with Gasteiger partial charge in [0.05, 0.1) is 24.8 Å². The lowest BCUT2D eigenvalue weighted by atomic mass is 10.1. The molecule has 9 nitrogen and oxygen atoms in total. The number of anilines is 1. The zero-order valence-electron chi connectivity index (χ0n) is 24.5. The van der Waals surface area contributed by atoms with Crippen LogP contribution < -0.4 is 19.1 Å². The molecule has 0 aliphatic rings. The molecule has 0 aliphatic heterocycles. The molecule has 0 bridgehead atoms. The van der Waals surface area contributed by atoms with Gasteiger partial charge in [-0.05, 0) is 67.6 Å². The van der Waals surface area contributed by atoms with Crippen molar-refractivity contribution in [3.63, 3.8) is 0 Å². The van der Waals surface area contributed by atoms with Gasteiger partial charge in [-0.1, -0.05) is 43.3 Å². The first kappa shape index (κ1) is 31.5. The normalized spacial score (nSPS) is 11.9. The molecular formula is C31H39N3O6S. The third-order valence-electron chi connectivity index (χ3n) is 6.83. The lowest BCUT2D eigenvalue weighted by Crippen LogP contribution is -2.52. The Morgan fingerprint density at radius 2 is 1.54 bits per heavy atom. The second-order valence-corrected chi connectivity index (χ2v) is 11.6. The molecule has 3 aromatic carbocycles. The predicted octanol–water partition coefficient (Wildman–Crippen LogP) is 4.11. The van der Waals surface area contributed by atoms with Crippen molar-refractivity contribution in [2.45, 2.75) is 44.6 Å². The highest BCUT2D eigenvalue weighted by atomic mass is 32.2. The number of benzene rings is 3. The smallest absolute Gasteiger partial charge is 0.264 e. The second kappa shape index (κ2) is 14.0. The number of carbonyl (C=O) groups excluding carboxylic acids is 2. The van der Waals surface area contributed by atoms with E-state index in [2.05, 4.69) is 5.32 Å². The summed E-state index contributed by atoms with van der Waals surface area (Å²) in [6.07, 6.45) is 0.873. The summed E-state index contributed by atoms with van der Waals surface area (Å²) in [5, 5.41) is 2.64. The number of carbonyl (C=O) groups is 2. The van der Waals surface area contributed by atoms with Gasteiger partial charge in [0, 0.05) is 19.7 Å². The fraction of sp³-hybridized carbons (Fsp3) is 0.355. The van der Waals surface area contributed by atoms with Gasteiger partial charge in [0.25, 0.3) is 10.0 Å². The van der Waals surface area contributed by atoms with Crippen LogP contribution in [0.4, 0.5) is 5.69 Å². The molecule has 3 aromatic rings. The Bertz CT molecular complexity index is 1440. The number of methoxy groups -OCH3 is 2. The molecule has 10 heteroatoms. The summed E-state index contributed by atoms with van der Waals surface area (Å²) in [6, 6.07) is 18.6. The van der Waals surface area contributed by atoms with Crippen LogP contribution in [0.25, 0.3) is 0 Å². The quantitative estimate of drug-likeness (QED) is 0.326. The van der Waals surface area contributed by atoms with Crippen molar-refractivity contribution in [2.75, 3.05) is 38.7 Å². The minimum atomic E-state index is -4.25. The fourth-order valence-corrected chi connectivity index (χ4v) is 6.20. The van der Waals surface area contributed by atoms with Crippen LogP contribution in [0.5, 0.6) is 11.5 Å². The van der Waals surface area contributed by atoms with Crippen LogP contribution in [-0.4, -0.2) is 65.5 Å². The van der Waals surface area contributed by atoms with Crippen molar-refractivity contribution in [3.05, 3.63) is 83.4 Å². The van der Waals surface area contributed by atoms with E-state index in [1.165, 1.54) is 44.4 Å². The number of amides is 2. The summed E-state index contributed by atoms with van der Waals surface area (Å²) in [5.41, 5.74) is 3.04. The minimum Gasteiger partial charge on any atom is -0.493 e. The first-order valence-electron chi connectivity index (χ1n) is 13.4. The van der Waals surface area contributed by atoms with Gasteiger partial charge >= 0.3 is 0 Å². The Labute approximate surface area is 243 Å². The summed E-state index contributed by atoms with van der Waals surface area (Å²) >= 11 is 0. The molecule has 1 atom stereocenters. The van der Waals surface area contributed by atoms with Crippen molar-refractivity contribution in [3.8, 4) is 11.5 Å². The Balaban J connectivity index is 2.08. The van der Waals surface area contributed by atoms with E-state index in [-0.39, 0.29) is 23.1 Å². The number of nitrogens with zero attached hydrogens (tertiary/aromatic N) is 2. The predicted molar refractivity (Wildman–Crippen MR) is 160 cm³/mol. The molecule has 0 heterocycles. The molecule has 2 amide bonds. The number of sulfonamides is 1. The SMILES string of the molecule is CC[C@H](C(=O)NC)N(CCc1ccccc1)C(=O)CN(c1cc(C)cc(C)c1)S(=O)(=O)c1ccc(OC)c(OC)c1. The third kappa shape index (κ3) is 7.58. The summed E-state index contributed by atoms with van der Waals surface area (Å²) in [5.74, 6) is -0.173. The van der Waals surface area contributed by atoms with Crippen LogP contribution in [0.15, 0.2) is 71.6 Å². The highest BCUT2D eigenvalue weighted by Gasteiger charge is 2.33. The number of hydrogen-bond donors (Lipinski definition) is 1. The maximum Gasteiger partial charge on any atom is 0.264 e. The lowest BCUT2D eigenvalue weighted by molar-refractivity contribution is -0.139.